The van der Waals surface area contributed by atoms with E-state index in [4.69, 9.17) is 9.47 Å². The van der Waals surface area contributed by atoms with E-state index in [9.17, 15) is 19.6 Å². The van der Waals surface area contributed by atoms with Gasteiger partial charge < -0.3 is 24.3 Å². The third kappa shape index (κ3) is 7.26. The van der Waals surface area contributed by atoms with Gasteiger partial charge in [-0.15, -0.1) is 0 Å². The van der Waals surface area contributed by atoms with E-state index in [0.29, 0.717) is 40.9 Å². The summed E-state index contributed by atoms with van der Waals surface area (Å²) in [4.78, 5) is 50.6. The lowest BCUT2D eigenvalue weighted by molar-refractivity contribution is 0.0174. The monoisotopic (exact) mass is 661 g/mol. The lowest BCUT2D eigenvalue weighted by Crippen LogP contribution is -2.43. The van der Waals surface area contributed by atoms with Crippen LogP contribution in [-0.4, -0.2) is 66.4 Å². The third-order valence-electron chi connectivity index (χ3n) is 8.07. The minimum Gasteiger partial charge on any atom is -0.444 e. The predicted octanol–water partition coefficient (Wildman–Crippen LogP) is 7.53. The summed E-state index contributed by atoms with van der Waals surface area (Å²) in [7, 11) is 0. The molecule has 2 amide bonds. The Bertz CT molecular complexity index is 2130. The predicted molar refractivity (Wildman–Crippen MR) is 185 cm³/mol. The number of piperidine rings is 1. The second-order valence-corrected chi connectivity index (χ2v) is 14.2. The minimum atomic E-state index is -0.746. The maximum absolute atomic E-state index is 13.4. The van der Waals surface area contributed by atoms with Crippen molar-refractivity contribution in [3.63, 3.8) is 0 Å². The molecule has 0 radical (unpaired) electrons. The SMILES string of the molecule is CC(C)(C)OC(=O)N1CCCC(n2cnc3ccc(-c4cn(C(=O)OC(C)(C)C)c5ncc(C(=O)Nc6cccc(C#N)c6)cc45)cc32)C1. The van der Waals surface area contributed by atoms with Gasteiger partial charge >= 0.3 is 12.2 Å². The van der Waals surface area contributed by atoms with Crippen LogP contribution in [0.5, 0.6) is 0 Å². The maximum Gasteiger partial charge on any atom is 0.420 e. The Labute approximate surface area is 284 Å². The van der Waals surface area contributed by atoms with E-state index in [1.54, 1.807) is 68.5 Å². The molecule has 0 saturated carbocycles. The van der Waals surface area contributed by atoms with Crippen molar-refractivity contribution in [1.29, 1.82) is 5.26 Å². The minimum absolute atomic E-state index is 0.0128. The number of amides is 2. The number of anilines is 1. The molecule has 0 spiro atoms. The molecule has 3 aromatic heterocycles. The first kappa shape index (κ1) is 33.2. The average Bonchev–Trinajstić information content (AvgIpc) is 3.64. The number of ether oxygens (including phenoxy) is 2. The van der Waals surface area contributed by atoms with Crippen LogP contribution >= 0.6 is 0 Å². The second-order valence-electron chi connectivity index (χ2n) is 14.2. The van der Waals surface area contributed by atoms with E-state index < -0.39 is 23.2 Å². The number of benzene rings is 2. The molecule has 12 heteroatoms. The number of nitriles is 1. The number of carbonyl (C=O) groups is 3. The van der Waals surface area contributed by atoms with Crippen LogP contribution in [0.15, 0.2) is 67.3 Å². The van der Waals surface area contributed by atoms with Crippen LogP contribution in [0.2, 0.25) is 0 Å². The number of nitrogens with zero attached hydrogens (tertiary/aromatic N) is 6. The molecule has 4 heterocycles. The van der Waals surface area contributed by atoms with E-state index in [1.807, 2.05) is 39.0 Å². The van der Waals surface area contributed by atoms with E-state index in [0.717, 1.165) is 29.4 Å². The zero-order valence-corrected chi connectivity index (χ0v) is 28.5. The molecule has 252 valence electrons. The van der Waals surface area contributed by atoms with Gasteiger partial charge in [-0.1, -0.05) is 12.1 Å². The van der Waals surface area contributed by atoms with Crippen LogP contribution in [0.25, 0.3) is 33.2 Å². The van der Waals surface area contributed by atoms with Gasteiger partial charge in [0, 0.05) is 42.1 Å². The van der Waals surface area contributed by atoms with Gasteiger partial charge in [-0.2, -0.15) is 5.26 Å². The fourth-order valence-corrected chi connectivity index (χ4v) is 5.94. The summed E-state index contributed by atoms with van der Waals surface area (Å²) < 4.78 is 14.8. The van der Waals surface area contributed by atoms with Crippen LogP contribution in [0.4, 0.5) is 15.3 Å². The van der Waals surface area contributed by atoms with Crippen molar-refractivity contribution in [2.75, 3.05) is 18.4 Å². The molecule has 2 aromatic carbocycles. The van der Waals surface area contributed by atoms with E-state index in [-0.39, 0.29) is 17.7 Å². The first-order valence-corrected chi connectivity index (χ1v) is 16.2. The second kappa shape index (κ2) is 12.7. The normalized spacial score (nSPS) is 15.2. The number of imidazole rings is 1. The Kier molecular flexibility index (Phi) is 8.62. The van der Waals surface area contributed by atoms with Gasteiger partial charge in [0.15, 0.2) is 0 Å². The van der Waals surface area contributed by atoms with Gasteiger partial charge in [0.2, 0.25) is 0 Å². The summed E-state index contributed by atoms with van der Waals surface area (Å²) in [6.07, 6.45) is 5.65. The molecule has 49 heavy (non-hydrogen) atoms. The first-order valence-electron chi connectivity index (χ1n) is 16.2. The highest BCUT2D eigenvalue weighted by Crippen LogP contribution is 2.34. The number of aromatic nitrogens is 4. The smallest absolute Gasteiger partial charge is 0.420 e. The highest BCUT2D eigenvalue weighted by atomic mass is 16.6. The lowest BCUT2D eigenvalue weighted by atomic mass is 10.0. The lowest BCUT2D eigenvalue weighted by Gasteiger charge is -2.34. The molecule has 0 bridgehead atoms. The first-order chi connectivity index (χ1) is 23.2. The van der Waals surface area contributed by atoms with Crippen LogP contribution < -0.4 is 5.32 Å². The Morgan fingerprint density at radius 1 is 0.959 bits per heavy atom. The molecule has 0 aliphatic carbocycles. The van der Waals surface area contributed by atoms with Crippen molar-refractivity contribution >= 4 is 45.8 Å². The number of fused-ring (bicyclic) bond motifs is 2. The molecule has 5 aromatic rings. The fraction of sp³-hybridized carbons (Fsp3) is 0.351. The fourth-order valence-electron chi connectivity index (χ4n) is 5.94. The average molecular weight is 662 g/mol. The van der Waals surface area contributed by atoms with Crippen molar-refractivity contribution in [2.45, 2.75) is 71.6 Å². The molecule has 1 unspecified atom stereocenters. The molecule has 1 fully saturated rings. The molecule has 12 nitrogen and oxygen atoms in total. The van der Waals surface area contributed by atoms with E-state index in [1.165, 1.54) is 10.8 Å². The van der Waals surface area contributed by atoms with Gasteiger partial charge in [0.25, 0.3) is 5.91 Å². The summed E-state index contributed by atoms with van der Waals surface area (Å²) in [5, 5.41) is 12.7. The zero-order chi connectivity index (χ0) is 35.1. The Morgan fingerprint density at radius 3 is 2.45 bits per heavy atom. The summed E-state index contributed by atoms with van der Waals surface area (Å²) >= 11 is 0. The van der Waals surface area contributed by atoms with Gasteiger partial charge in [-0.25, -0.2) is 24.1 Å². The summed E-state index contributed by atoms with van der Waals surface area (Å²) in [6, 6.07) is 16.2. The standard InChI is InChI=1S/C37H39N7O5/c1-36(2,3)48-34(46)42-14-8-11-27(20-42)44-22-40-30-13-12-24(17-31(30)44)29-21-43(35(47)49-37(4,5)6)32-28(29)16-25(19-39-32)33(45)41-26-10-7-9-23(15-26)18-38/h7,9-10,12-13,15-17,19,21-22,27H,8,11,14,20H2,1-6H3,(H,41,45). The number of nitrogens with one attached hydrogen (secondary N) is 1. The molecule has 1 saturated heterocycles. The van der Waals surface area contributed by atoms with E-state index >= 15 is 0 Å². The Balaban J connectivity index is 1.39. The zero-order valence-electron chi connectivity index (χ0n) is 28.5. The van der Waals surface area contributed by atoms with Crippen LogP contribution in [0.3, 0.4) is 0 Å². The Morgan fingerprint density at radius 2 is 1.71 bits per heavy atom. The van der Waals surface area contributed by atoms with Gasteiger partial charge in [0.05, 0.1) is 40.6 Å². The summed E-state index contributed by atoms with van der Waals surface area (Å²) in [6.45, 7) is 12.1. The topological polar surface area (TPSA) is 144 Å². The number of rotatable bonds is 4. The third-order valence-corrected chi connectivity index (χ3v) is 8.07. The van der Waals surface area contributed by atoms with E-state index in [2.05, 4.69) is 25.9 Å². The van der Waals surface area contributed by atoms with Crippen LogP contribution in [0, 0.1) is 11.3 Å². The molecule has 1 aliphatic heterocycles. The van der Waals surface area contributed by atoms with Crippen LogP contribution in [-0.2, 0) is 9.47 Å². The number of hydrogen-bond donors (Lipinski definition) is 1. The molecule has 1 atom stereocenters. The van der Waals surface area contributed by atoms with Crippen molar-refractivity contribution in [1.82, 2.24) is 24.0 Å². The van der Waals surface area contributed by atoms with Gasteiger partial charge in [-0.3, -0.25) is 4.79 Å². The quantitative estimate of drug-likeness (QED) is 0.208. The largest absolute Gasteiger partial charge is 0.444 e. The number of hydrogen-bond acceptors (Lipinski definition) is 8. The van der Waals surface area contributed by atoms with Crippen molar-refractivity contribution in [3.8, 4) is 17.2 Å². The molecule has 1 aliphatic rings. The Hall–Kier alpha value is -5.70. The molecule has 1 N–H and O–H groups in total. The molecular formula is C37H39N7O5. The number of likely N-dealkylation sites (tertiary alicyclic amines) is 1. The van der Waals surface area contributed by atoms with Crippen molar-refractivity contribution in [2.24, 2.45) is 0 Å². The highest BCUT2D eigenvalue weighted by molar-refractivity contribution is 6.08. The maximum atomic E-state index is 13.4. The highest BCUT2D eigenvalue weighted by Gasteiger charge is 2.29. The summed E-state index contributed by atoms with van der Waals surface area (Å²) in [5.74, 6) is -0.416. The molecule has 6 rings (SSSR count). The van der Waals surface area contributed by atoms with Crippen molar-refractivity contribution < 1.29 is 23.9 Å². The number of pyridine rings is 1. The summed E-state index contributed by atoms with van der Waals surface area (Å²) in [5.41, 5.74) is 3.27. The molecular weight excluding hydrogens is 622 g/mol. The number of carbonyl (C=O) groups excluding carboxylic acids is 3. The van der Waals surface area contributed by atoms with Gasteiger partial charge in [0.1, 0.15) is 16.8 Å². The van der Waals surface area contributed by atoms with Crippen molar-refractivity contribution in [3.05, 3.63) is 78.4 Å². The van der Waals surface area contributed by atoms with Gasteiger partial charge in [-0.05, 0) is 96.3 Å². The van der Waals surface area contributed by atoms with Crippen LogP contribution in [0.1, 0.15) is 76.3 Å².